The van der Waals surface area contributed by atoms with Crippen LogP contribution in [0.3, 0.4) is 0 Å². The van der Waals surface area contributed by atoms with Crippen molar-refractivity contribution in [3.8, 4) is 5.75 Å². The van der Waals surface area contributed by atoms with Gasteiger partial charge in [-0.25, -0.2) is 5.43 Å². The molecule has 5 heteroatoms. The summed E-state index contributed by atoms with van der Waals surface area (Å²) in [7, 11) is 0. The number of carbonyl (C=O) groups excluding carboxylic acids is 1. The van der Waals surface area contributed by atoms with Crippen LogP contribution in [-0.4, -0.2) is 28.5 Å². The summed E-state index contributed by atoms with van der Waals surface area (Å²) in [5.74, 6) is 1.05. The van der Waals surface area contributed by atoms with Crippen molar-refractivity contribution in [2.24, 2.45) is 0 Å². The van der Waals surface area contributed by atoms with E-state index in [9.17, 15) is 4.79 Å². The summed E-state index contributed by atoms with van der Waals surface area (Å²) in [6, 6.07) is 14.6. The zero-order valence-electron chi connectivity index (χ0n) is 18.1. The third-order valence-corrected chi connectivity index (χ3v) is 5.97. The lowest BCUT2D eigenvalue weighted by Crippen LogP contribution is -2.47. The lowest BCUT2D eigenvalue weighted by Gasteiger charge is -2.32. The summed E-state index contributed by atoms with van der Waals surface area (Å²) < 4.78 is 5.76. The fourth-order valence-corrected chi connectivity index (χ4v) is 4.07. The average Bonchev–Trinajstić information content (AvgIpc) is 3.19. The summed E-state index contributed by atoms with van der Waals surface area (Å²) in [4.78, 5) is 15.0. The van der Waals surface area contributed by atoms with Crippen LogP contribution in [0.5, 0.6) is 5.75 Å². The molecule has 1 saturated heterocycles. The van der Waals surface area contributed by atoms with Crippen LogP contribution in [-0.2, 0) is 11.3 Å². The number of nitrogens with one attached hydrogen (secondary N) is 1. The van der Waals surface area contributed by atoms with Gasteiger partial charge in [-0.2, -0.15) is 0 Å². The maximum absolute atomic E-state index is 13.2. The fourth-order valence-electron chi connectivity index (χ4n) is 4.07. The minimum Gasteiger partial charge on any atom is -0.494 e. The Balaban J connectivity index is 1.41. The Morgan fingerprint density at radius 1 is 1.10 bits per heavy atom. The SMILES string of the molecule is CCCCOc1ccc(C2CC3C(=O)N(Cc4cc(C)ccc4C)C=CN3N2)cc1. The number of ether oxygens (including phenoxy) is 1. The highest BCUT2D eigenvalue weighted by Gasteiger charge is 2.39. The maximum atomic E-state index is 13.2. The number of fused-ring (bicyclic) bond motifs is 1. The number of hydrogen-bond donors (Lipinski definition) is 1. The molecule has 2 aliphatic rings. The largest absolute Gasteiger partial charge is 0.494 e. The molecule has 2 atom stereocenters. The van der Waals surface area contributed by atoms with Gasteiger partial charge in [0.05, 0.1) is 19.2 Å². The van der Waals surface area contributed by atoms with Crippen molar-refractivity contribution in [3.05, 3.63) is 77.1 Å². The van der Waals surface area contributed by atoms with E-state index >= 15 is 0 Å². The summed E-state index contributed by atoms with van der Waals surface area (Å²) in [5, 5.41) is 1.96. The second-order valence-corrected chi connectivity index (χ2v) is 8.31. The van der Waals surface area contributed by atoms with E-state index in [0.717, 1.165) is 31.6 Å². The van der Waals surface area contributed by atoms with Crippen molar-refractivity contribution in [1.29, 1.82) is 0 Å². The monoisotopic (exact) mass is 405 g/mol. The molecular weight excluding hydrogens is 374 g/mol. The number of rotatable bonds is 7. The van der Waals surface area contributed by atoms with Crippen LogP contribution in [0.2, 0.25) is 0 Å². The van der Waals surface area contributed by atoms with E-state index in [2.05, 4.69) is 56.5 Å². The van der Waals surface area contributed by atoms with Crippen molar-refractivity contribution >= 4 is 5.91 Å². The minimum absolute atomic E-state index is 0.119. The minimum atomic E-state index is -0.175. The zero-order chi connectivity index (χ0) is 21.1. The van der Waals surface area contributed by atoms with Gasteiger partial charge in [0.1, 0.15) is 11.8 Å². The van der Waals surface area contributed by atoms with Gasteiger partial charge < -0.3 is 14.6 Å². The van der Waals surface area contributed by atoms with Gasteiger partial charge in [0.15, 0.2) is 0 Å². The van der Waals surface area contributed by atoms with Crippen molar-refractivity contribution in [1.82, 2.24) is 15.3 Å². The molecule has 2 aromatic carbocycles. The Kier molecular flexibility index (Phi) is 6.09. The molecule has 2 heterocycles. The highest BCUT2D eigenvalue weighted by molar-refractivity contribution is 5.84. The first-order chi connectivity index (χ1) is 14.5. The topological polar surface area (TPSA) is 44.8 Å². The average molecular weight is 406 g/mol. The smallest absolute Gasteiger partial charge is 0.251 e. The molecule has 1 amide bonds. The van der Waals surface area contributed by atoms with E-state index in [-0.39, 0.29) is 18.0 Å². The molecule has 5 nitrogen and oxygen atoms in total. The number of aryl methyl sites for hydroxylation is 2. The maximum Gasteiger partial charge on any atom is 0.251 e. The Morgan fingerprint density at radius 2 is 1.90 bits per heavy atom. The molecule has 0 aliphatic carbocycles. The molecule has 158 valence electrons. The normalized spacial score (nSPS) is 20.6. The molecule has 0 spiro atoms. The molecule has 0 saturated carbocycles. The third-order valence-electron chi connectivity index (χ3n) is 5.97. The lowest BCUT2D eigenvalue weighted by molar-refractivity contribution is -0.134. The number of unbranched alkanes of at least 4 members (excludes halogenated alkanes) is 1. The summed E-state index contributed by atoms with van der Waals surface area (Å²) in [6.07, 6.45) is 6.82. The van der Waals surface area contributed by atoms with Crippen molar-refractivity contribution in [3.63, 3.8) is 0 Å². The van der Waals surface area contributed by atoms with Crippen LogP contribution < -0.4 is 10.2 Å². The van der Waals surface area contributed by atoms with Crippen LogP contribution in [0.4, 0.5) is 0 Å². The van der Waals surface area contributed by atoms with E-state index < -0.39 is 0 Å². The van der Waals surface area contributed by atoms with Gasteiger partial charge in [-0.15, -0.1) is 0 Å². The fraction of sp³-hybridized carbons (Fsp3) is 0.400. The molecule has 2 aliphatic heterocycles. The number of benzene rings is 2. The van der Waals surface area contributed by atoms with Crippen molar-refractivity contribution in [2.45, 2.75) is 58.7 Å². The van der Waals surface area contributed by atoms with Crippen LogP contribution in [0.1, 0.15) is 54.5 Å². The predicted molar refractivity (Wildman–Crippen MR) is 119 cm³/mol. The molecule has 0 bridgehead atoms. The van der Waals surface area contributed by atoms with Gasteiger partial charge in [-0.3, -0.25) is 4.79 Å². The van der Waals surface area contributed by atoms with E-state index in [4.69, 9.17) is 4.74 Å². The highest BCUT2D eigenvalue weighted by Crippen LogP contribution is 2.32. The van der Waals surface area contributed by atoms with Gasteiger partial charge in [0.25, 0.3) is 5.91 Å². The molecule has 2 aromatic rings. The van der Waals surface area contributed by atoms with E-state index in [1.165, 1.54) is 22.3 Å². The second-order valence-electron chi connectivity index (χ2n) is 8.31. The Morgan fingerprint density at radius 3 is 2.67 bits per heavy atom. The van der Waals surface area contributed by atoms with Crippen LogP contribution in [0.25, 0.3) is 0 Å². The molecule has 0 radical (unpaired) electrons. The van der Waals surface area contributed by atoms with E-state index in [0.29, 0.717) is 6.54 Å². The quantitative estimate of drug-likeness (QED) is 0.683. The number of carbonyl (C=O) groups is 1. The van der Waals surface area contributed by atoms with E-state index in [1.807, 2.05) is 34.4 Å². The van der Waals surface area contributed by atoms with Gasteiger partial charge in [0, 0.05) is 12.4 Å². The summed E-state index contributed by atoms with van der Waals surface area (Å²) >= 11 is 0. The number of hydrogen-bond acceptors (Lipinski definition) is 4. The predicted octanol–water partition coefficient (Wildman–Crippen LogP) is 4.62. The Labute approximate surface area is 179 Å². The first-order valence-electron chi connectivity index (χ1n) is 10.9. The molecule has 1 fully saturated rings. The molecule has 30 heavy (non-hydrogen) atoms. The molecule has 1 N–H and O–H groups in total. The zero-order valence-corrected chi connectivity index (χ0v) is 18.1. The second kappa shape index (κ2) is 8.92. The highest BCUT2D eigenvalue weighted by atomic mass is 16.5. The van der Waals surface area contributed by atoms with Crippen molar-refractivity contribution in [2.75, 3.05) is 6.61 Å². The lowest BCUT2D eigenvalue weighted by atomic mass is 10.00. The number of amides is 1. The molecule has 2 unspecified atom stereocenters. The van der Waals surface area contributed by atoms with Gasteiger partial charge >= 0.3 is 0 Å². The Bertz CT molecular complexity index is 922. The first kappa shape index (κ1) is 20.5. The van der Waals surface area contributed by atoms with Gasteiger partial charge in [-0.05, 0) is 55.5 Å². The number of hydrazine groups is 1. The first-order valence-corrected chi connectivity index (χ1v) is 10.9. The van der Waals surface area contributed by atoms with Crippen LogP contribution >= 0.6 is 0 Å². The van der Waals surface area contributed by atoms with E-state index in [1.54, 1.807) is 0 Å². The Hall–Kier alpha value is -2.79. The number of nitrogens with zero attached hydrogens (tertiary/aromatic N) is 2. The summed E-state index contributed by atoms with van der Waals surface area (Å²) in [6.45, 7) is 7.71. The molecular formula is C25H31N3O2. The van der Waals surface area contributed by atoms with Crippen LogP contribution in [0.15, 0.2) is 54.9 Å². The molecule has 4 rings (SSSR count). The van der Waals surface area contributed by atoms with Crippen molar-refractivity contribution < 1.29 is 9.53 Å². The molecule has 0 aromatic heterocycles. The van der Waals surface area contributed by atoms with Gasteiger partial charge in [0.2, 0.25) is 0 Å². The van der Waals surface area contributed by atoms with Crippen LogP contribution in [0, 0.1) is 13.8 Å². The third kappa shape index (κ3) is 4.36. The standard InChI is InChI=1S/C25H31N3O2/c1-4-5-14-30-22-10-8-20(9-11-22)23-16-24-25(29)27(12-13-28(24)26-23)17-21-15-18(2)6-7-19(21)3/h6-13,15,23-24,26H,4-5,14,16-17H2,1-3H3. The summed E-state index contributed by atoms with van der Waals surface area (Å²) in [5.41, 5.74) is 8.28. The van der Waals surface area contributed by atoms with Gasteiger partial charge in [-0.1, -0.05) is 49.2 Å².